The number of carbonyl (C=O) groups is 1. The molecule has 0 saturated carbocycles. The Bertz CT molecular complexity index is 643. The maximum Gasteiger partial charge on any atom is 0.409 e. The largest absolute Gasteiger partial charge is 0.497 e. The van der Waals surface area contributed by atoms with Crippen LogP contribution in [-0.4, -0.2) is 75.4 Å². The zero-order valence-electron chi connectivity index (χ0n) is 16.7. The van der Waals surface area contributed by atoms with Crippen molar-refractivity contribution in [1.29, 1.82) is 0 Å². The number of rotatable bonds is 6. The zero-order chi connectivity index (χ0) is 19.6. The van der Waals surface area contributed by atoms with E-state index in [1.54, 1.807) is 19.1 Å². The van der Waals surface area contributed by atoms with Crippen LogP contribution in [0.3, 0.4) is 0 Å². The maximum atomic E-state index is 11.8. The van der Waals surface area contributed by atoms with Crippen molar-refractivity contribution in [3.05, 3.63) is 23.8 Å². The fraction of sp³-hybridized carbons (Fsp3) is 0.579. The molecule has 0 unspecified atom stereocenters. The number of benzene rings is 1. The third-order valence-electron chi connectivity index (χ3n) is 4.33. The van der Waals surface area contributed by atoms with E-state index in [0.717, 1.165) is 29.6 Å². The monoisotopic (exact) mass is 378 g/mol. The average Bonchev–Trinajstić information content (AvgIpc) is 2.71. The summed E-state index contributed by atoms with van der Waals surface area (Å²) in [4.78, 5) is 20.5. The predicted molar refractivity (Wildman–Crippen MR) is 105 cm³/mol. The Morgan fingerprint density at radius 1 is 1.11 bits per heavy atom. The van der Waals surface area contributed by atoms with Crippen molar-refractivity contribution in [1.82, 2.24) is 15.1 Å². The predicted octanol–water partition coefficient (Wildman–Crippen LogP) is 1.94. The molecule has 1 aliphatic heterocycles. The fourth-order valence-electron chi connectivity index (χ4n) is 2.88. The molecule has 1 amide bonds. The van der Waals surface area contributed by atoms with Gasteiger partial charge >= 0.3 is 6.09 Å². The van der Waals surface area contributed by atoms with E-state index in [0.29, 0.717) is 39.3 Å². The molecule has 1 aliphatic rings. The molecule has 1 saturated heterocycles. The summed E-state index contributed by atoms with van der Waals surface area (Å²) in [6.45, 7) is 8.19. The smallest absolute Gasteiger partial charge is 0.409 e. The summed E-state index contributed by atoms with van der Waals surface area (Å²) in [6, 6.07) is 5.72. The lowest BCUT2D eigenvalue weighted by Gasteiger charge is -2.35. The van der Waals surface area contributed by atoms with Gasteiger partial charge in [-0.2, -0.15) is 0 Å². The van der Waals surface area contributed by atoms with Gasteiger partial charge in [-0.25, -0.2) is 9.79 Å². The topological polar surface area (TPSA) is 75.6 Å². The third-order valence-corrected chi connectivity index (χ3v) is 4.33. The first-order chi connectivity index (χ1) is 13.1. The number of methoxy groups -OCH3 is 2. The highest BCUT2D eigenvalue weighted by atomic mass is 16.6. The standard InChI is InChI=1S/C19H30N4O4/c1-5-20-18(22-9-11-23(12-10-22)19(24)27-6-2)21-14-15-7-8-16(25-3)13-17(15)26-4/h7-8,13H,5-6,9-12,14H2,1-4H3,(H,20,21). The van der Waals surface area contributed by atoms with Gasteiger partial charge in [-0.1, -0.05) is 0 Å². The van der Waals surface area contributed by atoms with Gasteiger partial charge in [0.25, 0.3) is 0 Å². The number of nitrogens with one attached hydrogen (secondary N) is 1. The normalized spacial score (nSPS) is 14.7. The Kier molecular flexibility index (Phi) is 8.03. The first-order valence-electron chi connectivity index (χ1n) is 9.28. The molecule has 0 radical (unpaired) electrons. The van der Waals surface area contributed by atoms with Crippen LogP contribution in [0.1, 0.15) is 19.4 Å². The van der Waals surface area contributed by atoms with Gasteiger partial charge in [0.05, 0.1) is 27.4 Å². The maximum absolute atomic E-state index is 11.8. The van der Waals surface area contributed by atoms with Gasteiger partial charge in [0.15, 0.2) is 5.96 Å². The number of hydrogen-bond acceptors (Lipinski definition) is 5. The molecule has 0 atom stereocenters. The van der Waals surface area contributed by atoms with Crippen LogP contribution in [-0.2, 0) is 11.3 Å². The molecule has 0 aliphatic carbocycles. The molecule has 0 spiro atoms. The second-order valence-corrected chi connectivity index (χ2v) is 6.02. The van der Waals surface area contributed by atoms with Crippen LogP contribution in [0.5, 0.6) is 11.5 Å². The molecule has 1 heterocycles. The van der Waals surface area contributed by atoms with Gasteiger partial charge in [-0.15, -0.1) is 0 Å². The van der Waals surface area contributed by atoms with E-state index >= 15 is 0 Å². The third kappa shape index (κ3) is 5.67. The number of hydrogen-bond donors (Lipinski definition) is 1. The van der Waals surface area contributed by atoms with E-state index in [-0.39, 0.29) is 6.09 Å². The molecule has 1 aromatic rings. The lowest BCUT2D eigenvalue weighted by molar-refractivity contribution is 0.0914. The molecule has 8 nitrogen and oxygen atoms in total. The van der Waals surface area contributed by atoms with E-state index in [4.69, 9.17) is 19.2 Å². The van der Waals surface area contributed by atoms with Crippen LogP contribution < -0.4 is 14.8 Å². The molecule has 2 rings (SSSR count). The van der Waals surface area contributed by atoms with Crippen molar-refractivity contribution in [2.75, 3.05) is 53.6 Å². The molecule has 8 heteroatoms. The summed E-state index contributed by atoms with van der Waals surface area (Å²) >= 11 is 0. The van der Waals surface area contributed by atoms with Gasteiger partial charge in [0, 0.05) is 44.4 Å². The number of guanidine groups is 1. The number of amides is 1. The molecular weight excluding hydrogens is 348 g/mol. The Hall–Kier alpha value is -2.64. The van der Waals surface area contributed by atoms with Crippen LogP contribution in [0.2, 0.25) is 0 Å². The van der Waals surface area contributed by atoms with E-state index in [9.17, 15) is 4.79 Å². The van der Waals surface area contributed by atoms with E-state index in [1.165, 1.54) is 0 Å². The first kappa shape index (κ1) is 20.7. The van der Waals surface area contributed by atoms with Gasteiger partial charge in [-0.05, 0) is 26.0 Å². The molecule has 1 N–H and O–H groups in total. The van der Waals surface area contributed by atoms with Gasteiger partial charge < -0.3 is 29.3 Å². The molecule has 0 aromatic heterocycles. The second kappa shape index (κ2) is 10.5. The molecule has 0 bridgehead atoms. The van der Waals surface area contributed by atoms with Crippen molar-refractivity contribution >= 4 is 12.1 Å². The summed E-state index contributed by atoms with van der Waals surface area (Å²) < 4.78 is 15.8. The molecule has 1 aromatic carbocycles. The van der Waals surface area contributed by atoms with Gasteiger partial charge in [0.1, 0.15) is 11.5 Å². The fourth-order valence-corrected chi connectivity index (χ4v) is 2.88. The summed E-state index contributed by atoms with van der Waals surface area (Å²) in [5.41, 5.74) is 0.985. The van der Waals surface area contributed by atoms with Crippen LogP contribution in [0.15, 0.2) is 23.2 Å². The summed E-state index contributed by atoms with van der Waals surface area (Å²) in [7, 11) is 3.27. The minimum atomic E-state index is -0.248. The van der Waals surface area contributed by atoms with E-state index < -0.39 is 0 Å². The van der Waals surface area contributed by atoms with Gasteiger partial charge in [0.2, 0.25) is 0 Å². The minimum absolute atomic E-state index is 0.248. The Balaban J connectivity index is 2.04. The average molecular weight is 378 g/mol. The number of piperazine rings is 1. The van der Waals surface area contributed by atoms with Crippen LogP contribution in [0.25, 0.3) is 0 Å². The Morgan fingerprint density at radius 3 is 2.41 bits per heavy atom. The molecule has 1 fully saturated rings. The van der Waals surface area contributed by atoms with E-state index in [1.807, 2.05) is 32.0 Å². The Morgan fingerprint density at radius 2 is 1.81 bits per heavy atom. The highest BCUT2D eigenvalue weighted by Gasteiger charge is 2.23. The SMILES string of the molecule is CCNC(=NCc1ccc(OC)cc1OC)N1CCN(C(=O)OCC)CC1. The van der Waals surface area contributed by atoms with Crippen molar-refractivity contribution in [3.8, 4) is 11.5 Å². The van der Waals surface area contributed by atoms with Crippen molar-refractivity contribution in [3.63, 3.8) is 0 Å². The molecule has 150 valence electrons. The van der Waals surface area contributed by atoms with E-state index in [2.05, 4.69) is 10.2 Å². The lowest BCUT2D eigenvalue weighted by atomic mass is 10.2. The summed E-state index contributed by atoms with van der Waals surface area (Å²) in [6.07, 6.45) is -0.248. The van der Waals surface area contributed by atoms with Crippen LogP contribution in [0.4, 0.5) is 4.79 Å². The lowest BCUT2D eigenvalue weighted by Crippen LogP contribution is -2.53. The van der Waals surface area contributed by atoms with Crippen molar-refractivity contribution < 1.29 is 19.0 Å². The zero-order valence-corrected chi connectivity index (χ0v) is 16.7. The highest BCUT2D eigenvalue weighted by molar-refractivity contribution is 5.80. The quantitative estimate of drug-likeness (QED) is 0.602. The van der Waals surface area contributed by atoms with Crippen LogP contribution >= 0.6 is 0 Å². The number of nitrogens with zero attached hydrogens (tertiary/aromatic N) is 3. The summed E-state index contributed by atoms with van der Waals surface area (Å²) in [5, 5.41) is 3.33. The van der Waals surface area contributed by atoms with Crippen LogP contribution in [0, 0.1) is 0 Å². The molecule has 27 heavy (non-hydrogen) atoms. The summed E-state index contributed by atoms with van der Waals surface area (Å²) in [5.74, 6) is 2.33. The highest BCUT2D eigenvalue weighted by Crippen LogP contribution is 2.25. The Labute approximate surface area is 161 Å². The molecular formula is C19H30N4O4. The van der Waals surface area contributed by atoms with Gasteiger partial charge in [-0.3, -0.25) is 0 Å². The van der Waals surface area contributed by atoms with Crippen molar-refractivity contribution in [2.24, 2.45) is 4.99 Å². The second-order valence-electron chi connectivity index (χ2n) is 6.02. The number of ether oxygens (including phenoxy) is 3. The minimum Gasteiger partial charge on any atom is -0.497 e. The number of aliphatic imine (C=N–C) groups is 1. The number of carbonyl (C=O) groups excluding carboxylic acids is 1. The van der Waals surface area contributed by atoms with Crippen molar-refractivity contribution in [2.45, 2.75) is 20.4 Å². The first-order valence-corrected chi connectivity index (χ1v) is 9.28.